The van der Waals surface area contributed by atoms with Crippen LogP contribution in [0.5, 0.6) is 0 Å². The molecule has 1 aromatic heterocycles. The van der Waals surface area contributed by atoms with Crippen LogP contribution in [0.15, 0.2) is 11.4 Å². The molecule has 1 saturated heterocycles. The normalized spacial score (nSPS) is 26.1. The van der Waals surface area contributed by atoms with Gasteiger partial charge in [0.1, 0.15) is 4.88 Å². The molecule has 0 aromatic carbocycles. The summed E-state index contributed by atoms with van der Waals surface area (Å²) in [6.07, 6.45) is -1.46. The van der Waals surface area contributed by atoms with Crippen molar-refractivity contribution in [1.82, 2.24) is 4.90 Å². The lowest BCUT2D eigenvalue weighted by atomic mass is 10.2. The lowest BCUT2D eigenvalue weighted by Gasteiger charge is -2.13. The maximum atomic E-state index is 10.9. The molecule has 0 spiro atoms. The van der Waals surface area contributed by atoms with E-state index in [0.717, 1.165) is 5.56 Å². The molecule has 0 amide bonds. The van der Waals surface area contributed by atoms with E-state index in [-0.39, 0.29) is 0 Å². The summed E-state index contributed by atoms with van der Waals surface area (Å²) in [6.45, 7) is 1.23. The second kappa shape index (κ2) is 4.50. The molecule has 1 aromatic rings. The molecule has 1 fully saturated rings. The summed E-state index contributed by atoms with van der Waals surface area (Å²) >= 11 is 1.19. The Hall–Kier alpha value is -0.950. The Morgan fingerprint density at radius 1 is 1.44 bits per heavy atom. The third-order valence-electron chi connectivity index (χ3n) is 2.67. The molecular formula is C10H13NO4S. The first-order valence-electron chi connectivity index (χ1n) is 4.96. The lowest BCUT2D eigenvalue weighted by Crippen LogP contribution is -2.22. The van der Waals surface area contributed by atoms with E-state index in [1.165, 1.54) is 11.3 Å². The third-order valence-corrected chi connectivity index (χ3v) is 3.61. The van der Waals surface area contributed by atoms with E-state index in [1.54, 1.807) is 11.4 Å². The molecule has 1 aliphatic rings. The van der Waals surface area contributed by atoms with E-state index in [9.17, 15) is 15.0 Å². The number of likely N-dealkylation sites (tertiary alicyclic amines) is 1. The van der Waals surface area contributed by atoms with Crippen LogP contribution >= 0.6 is 11.3 Å². The molecule has 0 radical (unpaired) electrons. The van der Waals surface area contributed by atoms with Gasteiger partial charge in [-0.2, -0.15) is 0 Å². The number of aromatic carboxylic acids is 1. The summed E-state index contributed by atoms with van der Waals surface area (Å²) in [5, 5.41) is 29.4. The van der Waals surface area contributed by atoms with E-state index in [0.29, 0.717) is 24.5 Å². The topological polar surface area (TPSA) is 81.0 Å². The minimum atomic E-state index is -0.926. The largest absolute Gasteiger partial charge is 0.477 e. The predicted molar refractivity (Wildman–Crippen MR) is 58.6 cm³/mol. The van der Waals surface area contributed by atoms with Gasteiger partial charge >= 0.3 is 5.97 Å². The van der Waals surface area contributed by atoms with Crippen molar-refractivity contribution < 1.29 is 20.1 Å². The maximum Gasteiger partial charge on any atom is 0.346 e. The van der Waals surface area contributed by atoms with Crippen LogP contribution in [-0.4, -0.2) is 51.5 Å². The van der Waals surface area contributed by atoms with Crippen LogP contribution in [0.2, 0.25) is 0 Å². The number of carboxylic acid groups (broad SMARTS) is 1. The van der Waals surface area contributed by atoms with Gasteiger partial charge in [-0.3, -0.25) is 4.90 Å². The number of rotatable bonds is 3. The van der Waals surface area contributed by atoms with Gasteiger partial charge in [-0.15, -0.1) is 11.3 Å². The highest BCUT2D eigenvalue weighted by atomic mass is 32.1. The Balaban J connectivity index is 2.05. The van der Waals surface area contributed by atoms with Gasteiger partial charge < -0.3 is 15.3 Å². The Morgan fingerprint density at radius 2 is 2.06 bits per heavy atom. The fourth-order valence-corrected chi connectivity index (χ4v) is 2.62. The van der Waals surface area contributed by atoms with Crippen LogP contribution < -0.4 is 0 Å². The van der Waals surface area contributed by atoms with Crippen molar-refractivity contribution in [1.29, 1.82) is 0 Å². The van der Waals surface area contributed by atoms with Gasteiger partial charge in [-0.25, -0.2) is 4.79 Å². The molecule has 0 saturated carbocycles. The van der Waals surface area contributed by atoms with Crippen LogP contribution in [0.1, 0.15) is 15.2 Å². The number of carboxylic acids is 1. The lowest BCUT2D eigenvalue weighted by molar-refractivity contribution is 0.0572. The minimum absolute atomic E-state index is 0.330. The predicted octanol–water partition coefficient (Wildman–Crippen LogP) is -0.0163. The summed E-state index contributed by atoms with van der Waals surface area (Å²) in [7, 11) is 0. The average Bonchev–Trinajstić information content (AvgIpc) is 2.75. The van der Waals surface area contributed by atoms with Gasteiger partial charge in [0.25, 0.3) is 0 Å². The highest BCUT2D eigenvalue weighted by Crippen LogP contribution is 2.21. The number of aliphatic hydroxyl groups excluding tert-OH is 2. The quantitative estimate of drug-likeness (QED) is 0.695. The standard InChI is InChI=1S/C10H13NO4S/c12-7-4-11(5-8(7)13)3-6-1-2-16-9(6)10(14)15/h1-2,7-8,12-13H,3-5H2,(H,14,15). The molecule has 88 valence electrons. The SMILES string of the molecule is O=C(O)c1sccc1CN1CC(O)C(O)C1. The first-order valence-corrected chi connectivity index (χ1v) is 5.84. The highest BCUT2D eigenvalue weighted by Gasteiger charge is 2.30. The van der Waals surface area contributed by atoms with E-state index >= 15 is 0 Å². The minimum Gasteiger partial charge on any atom is -0.477 e. The Morgan fingerprint density at radius 3 is 2.62 bits per heavy atom. The second-order valence-electron chi connectivity index (χ2n) is 3.91. The van der Waals surface area contributed by atoms with Crippen molar-refractivity contribution in [3.8, 4) is 0 Å². The van der Waals surface area contributed by atoms with Gasteiger partial charge in [-0.1, -0.05) is 0 Å². The van der Waals surface area contributed by atoms with E-state index in [2.05, 4.69) is 0 Å². The summed E-state index contributed by atoms with van der Waals surface area (Å²) in [4.78, 5) is 13.1. The first-order chi connectivity index (χ1) is 7.58. The number of nitrogens with zero attached hydrogens (tertiary/aromatic N) is 1. The molecule has 0 bridgehead atoms. The van der Waals surface area contributed by atoms with E-state index in [4.69, 9.17) is 5.11 Å². The number of β-amino-alcohol motifs (C(OH)–C–C–N with tert-alkyl or cyclic N) is 2. The van der Waals surface area contributed by atoms with Gasteiger partial charge in [0, 0.05) is 19.6 Å². The molecule has 2 rings (SSSR count). The van der Waals surface area contributed by atoms with Crippen LogP contribution in [0, 0.1) is 0 Å². The monoisotopic (exact) mass is 243 g/mol. The molecule has 0 aliphatic carbocycles. The number of thiophene rings is 1. The maximum absolute atomic E-state index is 10.9. The van der Waals surface area contributed by atoms with Gasteiger partial charge in [0.2, 0.25) is 0 Å². The summed E-state index contributed by atoms with van der Waals surface area (Å²) in [6, 6.07) is 1.77. The fraction of sp³-hybridized carbons (Fsp3) is 0.500. The number of aliphatic hydroxyl groups is 2. The Kier molecular flexibility index (Phi) is 3.25. The van der Waals surface area contributed by atoms with Crippen molar-refractivity contribution in [2.24, 2.45) is 0 Å². The Bertz CT molecular complexity index is 382. The molecule has 1 aliphatic heterocycles. The smallest absolute Gasteiger partial charge is 0.346 e. The fourth-order valence-electron chi connectivity index (χ4n) is 1.86. The Labute approximate surface area is 96.6 Å². The molecule has 2 atom stereocenters. The van der Waals surface area contributed by atoms with Crippen molar-refractivity contribution >= 4 is 17.3 Å². The zero-order valence-corrected chi connectivity index (χ0v) is 9.35. The van der Waals surface area contributed by atoms with E-state index < -0.39 is 18.2 Å². The molecule has 2 heterocycles. The van der Waals surface area contributed by atoms with Crippen LogP contribution in [-0.2, 0) is 6.54 Å². The summed E-state index contributed by atoms with van der Waals surface area (Å²) in [5.74, 6) is -0.926. The van der Waals surface area contributed by atoms with Crippen LogP contribution in [0.4, 0.5) is 0 Å². The second-order valence-corrected chi connectivity index (χ2v) is 4.83. The molecule has 6 heteroatoms. The molecule has 3 N–H and O–H groups in total. The van der Waals surface area contributed by atoms with Crippen LogP contribution in [0.25, 0.3) is 0 Å². The van der Waals surface area contributed by atoms with Crippen molar-refractivity contribution in [3.63, 3.8) is 0 Å². The average molecular weight is 243 g/mol. The first kappa shape index (κ1) is 11.5. The molecule has 16 heavy (non-hydrogen) atoms. The molecule has 5 nitrogen and oxygen atoms in total. The van der Waals surface area contributed by atoms with Gasteiger partial charge in [0.15, 0.2) is 0 Å². The van der Waals surface area contributed by atoms with Crippen molar-refractivity contribution in [2.75, 3.05) is 13.1 Å². The third kappa shape index (κ3) is 2.25. The van der Waals surface area contributed by atoms with Crippen molar-refractivity contribution in [3.05, 3.63) is 21.9 Å². The zero-order valence-electron chi connectivity index (χ0n) is 8.54. The summed E-state index contributed by atoms with van der Waals surface area (Å²) < 4.78 is 0. The highest BCUT2D eigenvalue weighted by molar-refractivity contribution is 7.12. The summed E-state index contributed by atoms with van der Waals surface area (Å²) in [5.41, 5.74) is 0.735. The molecular weight excluding hydrogens is 230 g/mol. The number of carbonyl (C=O) groups is 1. The van der Waals surface area contributed by atoms with Gasteiger partial charge in [0.05, 0.1) is 12.2 Å². The zero-order chi connectivity index (χ0) is 11.7. The van der Waals surface area contributed by atoms with E-state index in [1.807, 2.05) is 4.90 Å². The molecule has 2 unspecified atom stereocenters. The van der Waals surface area contributed by atoms with Gasteiger partial charge in [-0.05, 0) is 17.0 Å². The van der Waals surface area contributed by atoms with Crippen LogP contribution in [0.3, 0.4) is 0 Å². The van der Waals surface area contributed by atoms with Crippen molar-refractivity contribution in [2.45, 2.75) is 18.8 Å². The number of hydrogen-bond acceptors (Lipinski definition) is 5. The number of hydrogen-bond donors (Lipinski definition) is 3.